The third-order valence-corrected chi connectivity index (χ3v) is 8.91. The second-order valence-corrected chi connectivity index (χ2v) is 10.7. The molecule has 0 bridgehead atoms. The van der Waals surface area contributed by atoms with Crippen molar-refractivity contribution in [3.8, 4) is 5.75 Å². The number of ether oxygens (including phenoxy) is 1. The van der Waals surface area contributed by atoms with E-state index in [1.54, 1.807) is 7.11 Å². The Kier molecular flexibility index (Phi) is 6.33. The zero-order valence-corrected chi connectivity index (χ0v) is 20.9. The van der Waals surface area contributed by atoms with Crippen molar-refractivity contribution >= 4 is 52.7 Å². The number of methoxy groups -OCH3 is 1. The third-order valence-electron chi connectivity index (χ3n) is 5.48. The monoisotopic (exact) mass is 485 g/mol. The molecular formula is C25H29N2OSSe+. The van der Waals surface area contributed by atoms with Gasteiger partial charge < -0.3 is 0 Å². The SMILES string of the molecule is CCC(=C/c1sc2cc(C)ccc2[n+]1CC)/C=C1\[Se]c2ccc(OC)cc2N1CC. The predicted octanol–water partition coefficient (Wildman–Crippen LogP) is 5.03. The molecule has 0 saturated heterocycles. The summed E-state index contributed by atoms with van der Waals surface area (Å²) in [6, 6.07) is 13.3. The molecule has 3 aromatic rings. The fourth-order valence-corrected chi connectivity index (χ4v) is 7.63. The molecule has 30 heavy (non-hydrogen) atoms. The second-order valence-electron chi connectivity index (χ2n) is 7.39. The Morgan fingerprint density at radius 1 is 1.17 bits per heavy atom. The number of benzene rings is 2. The standard InChI is InChI=1S/C25H29N2OSSe/c1-6-18(14-24-26(7-2)20-11-9-17(4)13-22(20)29-24)15-25-27(8-3)21-16-19(28-5)10-12-23(21)30-25/h9-16H,6-8H2,1-5H3/q+1. The van der Waals surface area contributed by atoms with Crippen LogP contribution in [0.5, 0.6) is 5.75 Å². The van der Waals surface area contributed by atoms with Gasteiger partial charge in [-0.15, -0.1) is 0 Å². The molecule has 1 aliphatic rings. The van der Waals surface area contributed by atoms with Crippen LogP contribution in [-0.4, -0.2) is 28.6 Å². The molecule has 0 spiro atoms. The van der Waals surface area contributed by atoms with Gasteiger partial charge in [-0.1, -0.05) is 0 Å². The molecule has 1 aromatic heterocycles. The van der Waals surface area contributed by atoms with Crippen LogP contribution in [0.25, 0.3) is 16.3 Å². The quantitative estimate of drug-likeness (QED) is 0.361. The molecule has 156 valence electrons. The summed E-state index contributed by atoms with van der Waals surface area (Å²) in [6.45, 7) is 10.8. The zero-order valence-electron chi connectivity index (χ0n) is 18.4. The van der Waals surface area contributed by atoms with Gasteiger partial charge in [0.2, 0.25) is 0 Å². The van der Waals surface area contributed by atoms with Gasteiger partial charge in [0, 0.05) is 0 Å². The van der Waals surface area contributed by atoms with Crippen molar-refractivity contribution in [1.29, 1.82) is 0 Å². The average molecular weight is 485 g/mol. The zero-order chi connectivity index (χ0) is 21.3. The van der Waals surface area contributed by atoms with Crippen LogP contribution in [0.15, 0.2) is 52.6 Å². The molecule has 0 aliphatic carbocycles. The van der Waals surface area contributed by atoms with Gasteiger partial charge in [0.1, 0.15) is 0 Å². The van der Waals surface area contributed by atoms with E-state index in [0.717, 1.165) is 25.3 Å². The van der Waals surface area contributed by atoms with Gasteiger partial charge in [0.05, 0.1) is 0 Å². The van der Waals surface area contributed by atoms with Crippen molar-refractivity contribution in [2.75, 3.05) is 18.6 Å². The van der Waals surface area contributed by atoms with Gasteiger partial charge in [-0.2, -0.15) is 0 Å². The van der Waals surface area contributed by atoms with E-state index in [-0.39, 0.29) is 0 Å². The molecule has 0 radical (unpaired) electrons. The van der Waals surface area contributed by atoms with Gasteiger partial charge in [0.25, 0.3) is 0 Å². The van der Waals surface area contributed by atoms with Crippen LogP contribution in [0.2, 0.25) is 0 Å². The van der Waals surface area contributed by atoms with Gasteiger partial charge in [-0.25, -0.2) is 0 Å². The molecule has 0 saturated carbocycles. The van der Waals surface area contributed by atoms with Crippen molar-refractivity contribution in [2.24, 2.45) is 0 Å². The van der Waals surface area contributed by atoms with E-state index in [9.17, 15) is 0 Å². The van der Waals surface area contributed by atoms with Crippen molar-refractivity contribution in [3.63, 3.8) is 0 Å². The Labute approximate surface area is 189 Å². The number of thiazole rings is 1. The molecule has 5 heteroatoms. The summed E-state index contributed by atoms with van der Waals surface area (Å²) in [7, 11) is 1.74. The van der Waals surface area contributed by atoms with Crippen LogP contribution in [0.3, 0.4) is 0 Å². The maximum atomic E-state index is 5.46. The number of allylic oxidation sites excluding steroid dienone is 2. The first-order chi connectivity index (χ1) is 14.6. The van der Waals surface area contributed by atoms with Crippen molar-refractivity contribution < 1.29 is 9.30 Å². The summed E-state index contributed by atoms with van der Waals surface area (Å²) in [6.07, 6.45) is 5.84. The van der Waals surface area contributed by atoms with E-state index < -0.39 is 0 Å². The van der Waals surface area contributed by atoms with Crippen LogP contribution < -0.4 is 18.7 Å². The molecule has 0 atom stereocenters. The van der Waals surface area contributed by atoms with E-state index in [1.165, 1.54) is 41.1 Å². The number of hydrogen-bond donors (Lipinski definition) is 0. The molecule has 1 aliphatic heterocycles. The Hall–Kier alpha value is -2.07. The number of nitrogens with zero attached hydrogens (tertiary/aromatic N) is 2. The van der Waals surface area contributed by atoms with Crippen LogP contribution in [0.1, 0.15) is 37.8 Å². The first kappa shape index (κ1) is 21.2. The first-order valence-electron chi connectivity index (χ1n) is 10.6. The number of hydrogen-bond acceptors (Lipinski definition) is 3. The summed E-state index contributed by atoms with van der Waals surface area (Å²) in [4.78, 5) is 2.45. The van der Waals surface area contributed by atoms with Gasteiger partial charge in [-0.05, 0) is 0 Å². The Morgan fingerprint density at radius 3 is 2.70 bits per heavy atom. The summed E-state index contributed by atoms with van der Waals surface area (Å²) >= 11 is 2.22. The number of aromatic nitrogens is 1. The van der Waals surface area contributed by atoms with Crippen LogP contribution in [0.4, 0.5) is 5.69 Å². The Balaban J connectivity index is 1.73. The molecule has 0 fully saturated rings. The van der Waals surface area contributed by atoms with E-state index in [0.29, 0.717) is 15.0 Å². The molecular weight excluding hydrogens is 455 g/mol. The summed E-state index contributed by atoms with van der Waals surface area (Å²) in [5, 5.41) is 1.33. The Bertz CT molecular complexity index is 1150. The summed E-state index contributed by atoms with van der Waals surface area (Å²) in [5.74, 6) is 0.931. The molecule has 0 N–H and O–H groups in total. The molecule has 3 nitrogen and oxygen atoms in total. The van der Waals surface area contributed by atoms with Crippen molar-refractivity contribution in [1.82, 2.24) is 0 Å². The van der Waals surface area contributed by atoms with Gasteiger partial charge >= 0.3 is 190 Å². The molecule has 2 heterocycles. The van der Waals surface area contributed by atoms with Gasteiger partial charge in [0.15, 0.2) is 0 Å². The minimum atomic E-state index is 0.323. The number of aryl methyl sites for hydroxylation is 2. The topological polar surface area (TPSA) is 16.4 Å². The fraction of sp³-hybridized carbons (Fsp3) is 0.320. The van der Waals surface area contributed by atoms with E-state index in [1.807, 2.05) is 11.3 Å². The molecule has 4 rings (SSSR count). The fourth-order valence-electron chi connectivity index (χ4n) is 3.85. The number of anilines is 1. The third kappa shape index (κ3) is 3.94. The van der Waals surface area contributed by atoms with Crippen molar-refractivity contribution in [3.05, 3.63) is 63.2 Å². The summed E-state index contributed by atoms with van der Waals surface area (Å²) < 4.78 is 12.1. The maximum absolute atomic E-state index is 5.46. The van der Waals surface area contributed by atoms with E-state index in [4.69, 9.17) is 4.74 Å². The molecule has 0 amide bonds. The normalized spacial score (nSPS) is 15.3. The average Bonchev–Trinajstić information content (AvgIpc) is 3.28. The Morgan fingerprint density at radius 2 is 2.00 bits per heavy atom. The number of fused-ring (bicyclic) bond motifs is 2. The van der Waals surface area contributed by atoms with Crippen molar-refractivity contribution in [2.45, 2.75) is 40.7 Å². The predicted molar refractivity (Wildman–Crippen MR) is 130 cm³/mol. The minimum absolute atomic E-state index is 0.323. The van der Waals surface area contributed by atoms with Crippen LogP contribution in [-0.2, 0) is 6.54 Å². The van der Waals surface area contributed by atoms with E-state index >= 15 is 0 Å². The van der Waals surface area contributed by atoms with Crippen LogP contribution in [0, 0.1) is 6.92 Å². The molecule has 0 unspecified atom stereocenters. The first-order valence-corrected chi connectivity index (χ1v) is 13.1. The summed E-state index contributed by atoms with van der Waals surface area (Å²) in [5.41, 5.74) is 5.35. The molecule has 2 aromatic carbocycles. The van der Waals surface area contributed by atoms with Crippen LogP contribution >= 0.6 is 11.3 Å². The number of rotatable bonds is 6. The van der Waals surface area contributed by atoms with Gasteiger partial charge in [-0.3, -0.25) is 0 Å². The van der Waals surface area contributed by atoms with E-state index in [2.05, 4.69) is 85.7 Å². The second kappa shape index (κ2) is 8.97.